The molecule has 118 valence electrons. The number of rotatable bonds is 7. The summed E-state index contributed by atoms with van der Waals surface area (Å²) in [5.41, 5.74) is 5.64. The molecule has 3 N–H and O–H groups in total. The number of hydrogen-bond acceptors (Lipinski definition) is 3. The van der Waals surface area contributed by atoms with E-state index in [9.17, 15) is 9.59 Å². The van der Waals surface area contributed by atoms with E-state index in [4.69, 9.17) is 5.73 Å². The molecule has 0 aromatic rings. The van der Waals surface area contributed by atoms with Crippen molar-refractivity contribution in [1.82, 2.24) is 10.2 Å². The largest absolute Gasteiger partial charge is 0.356 e. The Hall–Kier alpha value is -0.810. The van der Waals surface area contributed by atoms with Gasteiger partial charge in [0.2, 0.25) is 11.8 Å². The maximum atomic E-state index is 12.0. The number of likely N-dealkylation sites (tertiary alicyclic amines) is 1. The Balaban J connectivity index is 0.00000361. The highest BCUT2D eigenvalue weighted by Gasteiger charge is 2.36. The van der Waals surface area contributed by atoms with Crippen LogP contribution in [-0.4, -0.2) is 41.9 Å². The van der Waals surface area contributed by atoms with Crippen LogP contribution in [0, 0.1) is 5.92 Å². The topological polar surface area (TPSA) is 75.4 Å². The predicted molar refractivity (Wildman–Crippen MR) is 82.7 cm³/mol. The summed E-state index contributed by atoms with van der Waals surface area (Å²) in [4.78, 5) is 25.8. The summed E-state index contributed by atoms with van der Waals surface area (Å²) < 4.78 is 0. The van der Waals surface area contributed by atoms with Gasteiger partial charge in [-0.15, -0.1) is 12.4 Å². The van der Waals surface area contributed by atoms with Crippen molar-refractivity contribution in [3.05, 3.63) is 0 Å². The van der Waals surface area contributed by atoms with Crippen LogP contribution >= 0.6 is 12.4 Å². The molecule has 2 amide bonds. The minimum absolute atomic E-state index is 0. The van der Waals surface area contributed by atoms with Crippen molar-refractivity contribution in [2.45, 2.75) is 58.5 Å². The third-order valence-electron chi connectivity index (χ3n) is 3.81. The first kappa shape index (κ1) is 19.2. The van der Waals surface area contributed by atoms with Crippen molar-refractivity contribution in [2.24, 2.45) is 11.7 Å². The molecule has 5 nitrogen and oxygen atoms in total. The lowest BCUT2D eigenvalue weighted by atomic mass is 10.1. The molecule has 1 fully saturated rings. The van der Waals surface area contributed by atoms with Crippen LogP contribution < -0.4 is 11.1 Å². The highest BCUT2D eigenvalue weighted by Crippen LogP contribution is 2.23. The fraction of sp³-hybridized carbons (Fsp3) is 0.857. The molecular weight excluding hydrogens is 278 g/mol. The lowest BCUT2D eigenvalue weighted by Crippen LogP contribution is -2.38. The summed E-state index contributed by atoms with van der Waals surface area (Å²) in [6, 6.07) is 0.362. The number of amides is 2. The van der Waals surface area contributed by atoms with E-state index in [1.807, 2.05) is 11.8 Å². The normalized spacial score (nSPS) is 19.9. The maximum Gasteiger partial charge on any atom is 0.225 e. The SMILES string of the molecule is CCC(CC)N1CC(C(=O)NCCC(C)N)CC1=O.Cl. The van der Waals surface area contributed by atoms with E-state index in [0.29, 0.717) is 19.5 Å². The zero-order chi connectivity index (χ0) is 14.4. The molecule has 0 bridgehead atoms. The van der Waals surface area contributed by atoms with Crippen molar-refractivity contribution in [3.8, 4) is 0 Å². The third-order valence-corrected chi connectivity index (χ3v) is 3.81. The molecule has 0 aliphatic carbocycles. The van der Waals surface area contributed by atoms with E-state index in [1.54, 1.807) is 0 Å². The predicted octanol–water partition coefficient (Wildman–Crippen LogP) is 1.30. The van der Waals surface area contributed by atoms with Crippen molar-refractivity contribution >= 4 is 24.2 Å². The summed E-state index contributed by atoms with van der Waals surface area (Å²) in [5.74, 6) is -0.0929. The van der Waals surface area contributed by atoms with Gasteiger partial charge in [-0.25, -0.2) is 0 Å². The standard InChI is InChI=1S/C14H27N3O2.ClH/c1-4-12(5-2)17-9-11(8-13(17)18)14(19)16-7-6-10(3)15;/h10-12H,4-9,15H2,1-3H3,(H,16,19);1H. The van der Waals surface area contributed by atoms with E-state index >= 15 is 0 Å². The van der Waals surface area contributed by atoms with Crippen molar-refractivity contribution < 1.29 is 9.59 Å². The lowest BCUT2D eigenvalue weighted by molar-refractivity contribution is -0.130. The summed E-state index contributed by atoms with van der Waals surface area (Å²) >= 11 is 0. The molecule has 1 heterocycles. The number of nitrogens with one attached hydrogen (secondary N) is 1. The van der Waals surface area contributed by atoms with E-state index in [2.05, 4.69) is 19.2 Å². The molecule has 0 aromatic heterocycles. The zero-order valence-corrected chi connectivity index (χ0v) is 13.5. The Labute approximate surface area is 128 Å². The first-order valence-electron chi connectivity index (χ1n) is 7.32. The molecular formula is C14H28ClN3O2. The molecule has 20 heavy (non-hydrogen) atoms. The first-order chi connectivity index (χ1) is 8.99. The Morgan fingerprint density at radius 1 is 1.45 bits per heavy atom. The number of hydrogen-bond donors (Lipinski definition) is 2. The van der Waals surface area contributed by atoms with E-state index < -0.39 is 0 Å². The molecule has 1 saturated heterocycles. The highest BCUT2D eigenvalue weighted by atomic mass is 35.5. The Morgan fingerprint density at radius 2 is 2.05 bits per heavy atom. The molecule has 2 atom stereocenters. The van der Waals surface area contributed by atoms with Crippen LogP contribution in [0.4, 0.5) is 0 Å². The fourth-order valence-electron chi connectivity index (χ4n) is 2.56. The molecule has 6 heteroatoms. The van der Waals surface area contributed by atoms with Gasteiger partial charge in [-0.2, -0.15) is 0 Å². The number of nitrogens with two attached hydrogens (primary N) is 1. The molecule has 2 unspecified atom stereocenters. The van der Waals surface area contributed by atoms with Crippen LogP contribution in [0.3, 0.4) is 0 Å². The van der Waals surface area contributed by atoms with Crippen LogP contribution in [0.15, 0.2) is 0 Å². The average Bonchev–Trinajstić information content (AvgIpc) is 2.73. The number of carbonyl (C=O) groups is 2. The van der Waals surface area contributed by atoms with E-state index in [1.165, 1.54) is 0 Å². The van der Waals surface area contributed by atoms with E-state index in [0.717, 1.165) is 19.3 Å². The Kier molecular flexibility index (Phi) is 8.81. The molecule has 1 rings (SSSR count). The van der Waals surface area contributed by atoms with Gasteiger partial charge in [0.15, 0.2) is 0 Å². The molecule has 0 aromatic carbocycles. The van der Waals surface area contributed by atoms with Crippen LogP contribution in [-0.2, 0) is 9.59 Å². The Bertz CT molecular complexity index is 320. The van der Waals surface area contributed by atoms with E-state index in [-0.39, 0.29) is 42.2 Å². The Morgan fingerprint density at radius 3 is 2.55 bits per heavy atom. The van der Waals surface area contributed by atoms with Gasteiger partial charge in [0, 0.05) is 31.6 Å². The number of nitrogens with zero attached hydrogens (tertiary/aromatic N) is 1. The second-order valence-corrected chi connectivity index (χ2v) is 5.47. The fourth-order valence-corrected chi connectivity index (χ4v) is 2.56. The molecule has 1 aliphatic rings. The summed E-state index contributed by atoms with van der Waals surface area (Å²) in [7, 11) is 0. The van der Waals surface area contributed by atoms with Gasteiger partial charge in [0.05, 0.1) is 5.92 Å². The van der Waals surface area contributed by atoms with Crippen LogP contribution in [0.2, 0.25) is 0 Å². The number of halogens is 1. The van der Waals surface area contributed by atoms with Crippen LogP contribution in [0.5, 0.6) is 0 Å². The van der Waals surface area contributed by atoms with Crippen molar-refractivity contribution in [2.75, 3.05) is 13.1 Å². The quantitative estimate of drug-likeness (QED) is 0.744. The van der Waals surface area contributed by atoms with Gasteiger partial charge in [-0.3, -0.25) is 9.59 Å². The molecule has 0 spiro atoms. The zero-order valence-electron chi connectivity index (χ0n) is 12.7. The van der Waals surface area contributed by atoms with Gasteiger partial charge in [0.1, 0.15) is 0 Å². The van der Waals surface area contributed by atoms with Gasteiger partial charge in [-0.05, 0) is 26.2 Å². The second-order valence-electron chi connectivity index (χ2n) is 5.47. The minimum Gasteiger partial charge on any atom is -0.356 e. The van der Waals surface area contributed by atoms with Crippen molar-refractivity contribution in [3.63, 3.8) is 0 Å². The summed E-state index contributed by atoms with van der Waals surface area (Å²) in [5, 5.41) is 2.87. The molecule has 0 radical (unpaired) electrons. The lowest BCUT2D eigenvalue weighted by Gasteiger charge is -2.26. The number of carbonyl (C=O) groups excluding carboxylic acids is 2. The minimum atomic E-state index is -0.193. The monoisotopic (exact) mass is 305 g/mol. The average molecular weight is 306 g/mol. The van der Waals surface area contributed by atoms with Crippen LogP contribution in [0.1, 0.15) is 46.5 Å². The maximum absolute atomic E-state index is 12.0. The first-order valence-corrected chi connectivity index (χ1v) is 7.32. The van der Waals surface area contributed by atoms with Gasteiger partial charge < -0.3 is 16.0 Å². The van der Waals surface area contributed by atoms with Gasteiger partial charge in [-0.1, -0.05) is 13.8 Å². The van der Waals surface area contributed by atoms with Crippen LogP contribution in [0.25, 0.3) is 0 Å². The smallest absolute Gasteiger partial charge is 0.225 e. The van der Waals surface area contributed by atoms with Crippen molar-refractivity contribution in [1.29, 1.82) is 0 Å². The summed E-state index contributed by atoms with van der Waals surface area (Å²) in [6.07, 6.45) is 3.01. The third kappa shape index (κ3) is 5.29. The van der Waals surface area contributed by atoms with Gasteiger partial charge >= 0.3 is 0 Å². The summed E-state index contributed by atoms with van der Waals surface area (Å²) in [6.45, 7) is 7.23. The highest BCUT2D eigenvalue weighted by molar-refractivity contribution is 5.89. The molecule has 0 saturated carbocycles. The van der Waals surface area contributed by atoms with Gasteiger partial charge in [0.25, 0.3) is 0 Å². The second kappa shape index (κ2) is 9.19. The molecule has 1 aliphatic heterocycles.